The Morgan fingerprint density at radius 2 is 1.84 bits per heavy atom. The van der Waals surface area contributed by atoms with Crippen molar-refractivity contribution in [3.63, 3.8) is 0 Å². The summed E-state index contributed by atoms with van der Waals surface area (Å²) < 4.78 is 0. The maximum absolute atomic E-state index is 9.09. The molecule has 1 aromatic rings. The van der Waals surface area contributed by atoms with Gasteiger partial charge in [0.1, 0.15) is 0 Å². The number of nitrogens with two attached hydrogens (primary N) is 1. The van der Waals surface area contributed by atoms with E-state index in [0.717, 1.165) is 32.2 Å². The van der Waals surface area contributed by atoms with Crippen LogP contribution in [0, 0.1) is 0 Å². The molecule has 3 N–H and O–H groups in total. The highest BCUT2D eigenvalue weighted by atomic mass is 16.3. The van der Waals surface area contributed by atoms with Gasteiger partial charge in [0, 0.05) is 24.8 Å². The van der Waals surface area contributed by atoms with Crippen LogP contribution in [0.2, 0.25) is 0 Å². The third kappa shape index (κ3) is 5.62. The lowest BCUT2D eigenvalue weighted by Crippen LogP contribution is -2.40. The predicted molar refractivity (Wildman–Crippen MR) is 82.6 cm³/mol. The molecule has 1 atom stereocenters. The molecule has 0 amide bonds. The quantitative estimate of drug-likeness (QED) is 0.710. The largest absolute Gasteiger partial charge is 0.394 e. The molecule has 0 heterocycles. The van der Waals surface area contributed by atoms with E-state index in [2.05, 4.69) is 43.1 Å². The molecule has 0 aliphatic heterocycles. The maximum Gasteiger partial charge on any atom is 0.0608 e. The number of aliphatic hydroxyl groups excluding tert-OH is 1. The fourth-order valence-corrected chi connectivity index (χ4v) is 2.07. The van der Waals surface area contributed by atoms with Crippen molar-refractivity contribution in [2.45, 2.75) is 45.1 Å². The summed E-state index contributed by atoms with van der Waals surface area (Å²) in [6.45, 7) is 5.15. The van der Waals surface area contributed by atoms with Gasteiger partial charge >= 0.3 is 0 Å². The molecule has 1 rings (SSSR count). The van der Waals surface area contributed by atoms with Gasteiger partial charge in [-0.05, 0) is 50.3 Å². The average molecular weight is 264 g/mol. The van der Waals surface area contributed by atoms with Crippen molar-refractivity contribution in [2.75, 3.05) is 25.1 Å². The summed E-state index contributed by atoms with van der Waals surface area (Å²) in [6.07, 6.45) is 4.09. The number of anilines is 1. The number of unbranched alkanes of at least 4 members (excludes halogenated alkanes) is 1. The summed E-state index contributed by atoms with van der Waals surface area (Å²) in [4.78, 5) is 2.27. The highest BCUT2D eigenvalue weighted by molar-refractivity contribution is 5.46. The number of aliphatic hydroxyl groups is 1. The number of benzene rings is 1. The highest BCUT2D eigenvalue weighted by Crippen LogP contribution is 2.16. The second kappa shape index (κ2) is 7.51. The minimum Gasteiger partial charge on any atom is -0.394 e. The molecule has 0 saturated carbocycles. The lowest BCUT2D eigenvalue weighted by Gasteiger charge is -2.23. The number of rotatable bonds is 8. The van der Waals surface area contributed by atoms with Crippen molar-refractivity contribution >= 4 is 5.69 Å². The van der Waals surface area contributed by atoms with Crippen LogP contribution >= 0.6 is 0 Å². The average Bonchev–Trinajstić information content (AvgIpc) is 2.43. The second-order valence-corrected chi connectivity index (χ2v) is 5.71. The Hall–Kier alpha value is -1.06. The lowest BCUT2D eigenvalue weighted by atomic mass is 9.97. The van der Waals surface area contributed by atoms with Crippen molar-refractivity contribution in [1.29, 1.82) is 0 Å². The van der Waals surface area contributed by atoms with E-state index >= 15 is 0 Å². The van der Waals surface area contributed by atoms with Crippen LogP contribution in [0.4, 0.5) is 5.69 Å². The van der Waals surface area contributed by atoms with E-state index in [4.69, 9.17) is 10.8 Å². The van der Waals surface area contributed by atoms with Crippen LogP contribution in [0.3, 0.4) is 0 Å². The SMILES string of the molecule is CCc1ccc(N(C)CCCCC(C)(N)CO)cc1. The van der Waals surface area contributed by atoms with Gasteiger partial charge in [0.05, 0.1) is 6.61 Å². The molecule has 0 spiro atoms. The van der Waals surface area contributed by atoms with Gasteiger partial charge < -0.3 is 15.7 Å². The number of hydrogen-bond acceptors (Lipinski definition) is 3. The van der Waals surface area contributed by atoms with Crippen LogP contribution in [0.1, 0.15) is 38.7 Å². The van der Waals surface area contributed by atoms with Crippen LogP contribution in [-0.2, 0) is 6.42 Å². The molecule has 1 unspecified atom stereocenters. The molecule has 0 fully saturated rings. The van der Waals surface area contributed by atoms with E-state index in [1.54, 1.807) is 0 Å². The molecule has 1 aromatic carbocycles. The first-order valence-electron chi connectivity index (χ1n) is 7.18. The van der Waals surface area contributed by atoms with E-state index in [1.165, 1.54) is 11.3 Å². The lowest BCUT2D eigenvalue weighted by molar-refractivity contribution is 0.197. The Balaban J connectivity index is 2.32. The Labute approximate surface area is 117 Å². The topological polar surface area (TPSA) is 49.5 Å². The Kier molecular flexibility index (Phi) is 6.32. The van der Waals surface area contributed by atoms with Crippen LogP contribution < -0.4 is 10.6 Å². The minimum absolute atomic E-state index is 0.0569. The van der Waals surface area contributed by atoms with E-state index in [0.29, 0.717) is 0 Å². The van der Waals surface area contributed by atoms with E-state index < -0.39 is 5.54 Å². The zero-order valence-corrected chi connectivity index (χ0v) is 12.5. The fourth-order valence-electron chi connectivity index (χ4n) is 2.07. The van der Waals surface area contributed by atoms with Crippen LogP contribution in [0.25, 0.3) is 0 Å². The first-order chi connectivity index (χ1) is 8.98. The van der Waals surface area contributed by atoms with Gasteiger partial charge in [0.2, 0.25) is 0 Å². The Morgan fingerprint density at radius 1 is 1.21 bits per heavy atom. The number of hydrogen-bond donors (Lipinski definition) is 2. The number of aryl methyl sites for hydroxylation is 1. The van der Waals surface area contributed by atoms with Crippen molar-refractivity contribution < 1.29 is 5.11 Å². The van der Waals surface area contributed by atoms with E-state index in [9.17, 15) is 0 Å². The first-order valence-corrected chi connectivity index (χ1v) is 7.18. The van der Waals surface area contributed by atoms with Crippen molar-refractivity contribution in [2.24, 2.45) is 5.73 Å². The molecule has 0 aromatic heterocycles. The molecule has 3 nitrogen and oxygen atoms in total. The fraction of sp³-hybridized carbons (Fsp3) is 0.625. The van der Waals surface area contributed by atoms with Crippen LogP contribution in [0.15, 0.2) is 24.3 Å². The Morgan fingerprint density at radius 3 is 2.37 bits per heavy atom. The van der Waals surface area contributed by atoms with Gasteiger partial charge in [-0.25, -0.2) is 0 Å². The molecule has 19 heavy (non-hydrogen) atoms. The summed E-state index contributed by atoms with van der Waals surface area (Å²) >= 11 is 0. The summed E-state index contributed by atoms with van der Waals surface area (Å²) in [5, 5.41) is 9.09. The zero-order valence-electron chi connectivity index (χ0n) is 12.5. The van der Waals surface area contributed by atoms with Gasteiger partial charge in [-0.1, -0.05) is 19.1 Å². The minimum atomic E-state index is -0.429. The molecule has 3 heteroatoms. The van der Waals surface area contributed by atoms with Gasteiger partial charge in [-0.3, -0.25) is 0 Å². The molecule has 0 radical (unpaired) electrons. The predicted octanol–water partition coefficient (Wildman–Crippen LogP) is 2.57. The van der Waals surface area contributed by atoms with Gasteiger partial charge in [-0.2, -0.15) is 0 Å². The third-order valence-corrected chi connectivity index (χ3v) is 3.64. The Bertz CT molecular complexity index is 360. The zero-order chi connectivity index (χ0) is 14.3. The monoisotopic (exact) mass is 264 g/mol. The second-order valence-electron chi connectivity index (χ2n) is 5.71. The molecule has 108 valence electrons. The van der Waals surface area contributed by atoms with Crippen molar-refractivity contribution in [3.8, 4) is 0 Å². The molecule has 0 bridgehead atoms. The maximum atomic E-state index is 9.09. The molecular weight excluding hydrogens is 236 g/mol. The third-order valence-electron chi connectivity index (χ3n) is 3.64. The van der Waals surface area contributed by atoms with Gasteiger partial charge in [0.25, 0.3) is 0 Å². The van der Waals surface area contributed by atoms with Gasteiger partial charge in [-0.15, -0.1) is 0 Å². The molecule has 0 saturated heterocycles. The van der Waals surface area contributed by atoms with Crippen LogP contribution in [-0.4, -0.2) is 30.8 Å². The van der Waals surface area contributed by atoms with E-state index in [-0.39, 0.29) is 6.61 Å². The summed E-state index contributed by atoms with van der Waals surface area (Å²) in [6, 6.07) is 8.74. The first kappa shape index (κ1) is 16.0. The molecule has 0 aliphatic rings. The number of nitrogens with zero attached hydrogens (tertiary/aromatic N) is 1. The highest BCUT2D eigenvalue weighted by Gasteiger charge is 2.15. The summed E-state index contributed by atoms with van der Waals surface area (Å²) in [5.74, 6) is 0. The summed E-state index contributed by atoms with van der Waals surface area (Å²) in [7, 11) is 2.12. The molecular formula is C16H28N2O. The van der Waals surface area contributed by atoms with E-state index in [1.807, 2.05) is 6.92 Å². The van der Waals surface area contributed by atoms with Crippen LogP contribution in [0.5, 0.6) is 0 Å². The van der Waals surface area contributed by atoms with Crippen molar-refractivity contribution in [1.82, 2.24) is 0 Å². The molecule has 0 aliphatic carbocycles. The standard InChI is InChI=1S/C16H28N2O/c1-4-14-7-9-15(10-8-14)18(3)12-6-5-11-16(2,17)13-19/h7-10,19H,4-6,11-13,17H2,1-3H3. The van der Waals surface area contributed by atoms with Crippen molar-refractivity contribution in [3.05, 3.63) is 29.8 Å². The smallest absolute Gasteiger partial charge is 0.0608 e. The summed E-state index contributed by atoms with van der Waals surface area (Å²) in [5.41, 5.74) is 8.12. The van der Waals surface area contributed by atoms with Gasteiger partial charge in [0.15, 0.2) is 0 Å². The normalized spacial score (nSPS) is 14.2.